The molecule has 0 aliphatic carbocycles. The number of benzene rings is 1. The van der Waals surface area contributed by atoms with Crippen molar-refractivity contribution in [1.29, 1.82) is 0 Å². The van der Waals surface area contributed by atoms with E-state index in [9.17, 15) is 18.0 Å². The summed E-state index contributed by atoms with van der Waals surface area (Å²) >= 11 is 0. The zero-order valence-electron chi connectivity index (χ0n) is 18.0. The molecule has 1 aliphatic rings. The van der Waals surface area contributed by atoms with E-state index in [0.29, 0.717) is 13.0 Å². The molecule has 0 aromatic heterocycles. The Morgan fingerprint density at radius 1 is 1.23 bits per heavy atom. The molecule has 0 saturated carbocycles. The number of ether oxygens (including phenoxy) is 1. The molecule has 1 aliphatic heterocycles. The van der Waals surface area contributed by atoms with E-state index in [4.69, 9.17) is 0 Å². The average molecular weight is 556 g/mol. The van der Waals surface area contributed by atoms with Gasteiger partial charge in [-0.15, -0.1) is 24.0 Å². The number of nitrogens with zero attached hydrogens (tertiary/aromatic N) is 2. The number of rotatable bonds is 9. The minimum atomic E-state index is -4.30. The quantitative estimate of drug-likeness (QED) is 0.159. The second-order valence-electron chi connectivity index (χ2n) is 7.45. The molecule has 0 amide bonds. The van der Waals surface area contributed by atoms with E-state index >= 15 is 0 Å². The van der Waals surface area contributed by atoms with Crippen molar-refractivity contribution in [2.24, 2.45) is 4.99 Å². The molecule has 0 bridgehead atoms. The maximum absolute atomic E-state index is 12.7. The fraction of sp³-hybridized carbons (Fsp3) is 0.619. The van der Waals surface area contributed by atoms with Crippen LogP contribution in [0.25, 0.3) is 0 Å². The number of hydrogen-bond acceptors (Lipinski definition) is 4. The standard InChI is InChI=1S/C21H31F3N4O2.HI/c1-25-20(26-12-5-3-4-6-19(29)30-2)27-18-11-13-28(15-18)14-16-7-9-17(10-8-16)21(22,23)24;/h7-10,18H,3-6,11-15H2,1-2H3,(H2,25,26,27);1H. The van der Waals surface area contributed by atoms with Crippen LogP contribution in [0.4, 0.5) is 13.2 Å². The Hall–Kier alpha value is -1.56. The highest BCUT2D eigenvalue weighted by Crippen LogP contribution is 2.29. The van der Waals surface area contributed by atoms with Gasteiger partial charge < -0.3 is 15.4 Å². The predicted octanol–water partition coefficient (Wildman–Crippen LogP) is 3.80. The lowest BCUT2D eigenvalue weighted by Crippen LogP contribution is -2.44. The Bertz CT molecular complexity index is 699. The molecule has 0 radical (unpaired) electrons. The number of carbonyl (C=O) groups is 1. The second-order valence-corrected chi connectivity index (χ2v) is 7.45. The normalized spacial score (nSPS) is 17.2. The van der Waals surface area contributed by atoms with Gasteiger partial charge in [0.2, 0.25) is 0 Å². The van der Waals surface area contributed by atoms with Gasteiger partial charge in [0.05, 0.1) is 12.7 Å². The molecule has 2 rings (SSSR count). The van der Waals surface area contributed by atoms with Gasteiger partial charge in [-0.05, 0) is 37.0 Å². The Morgan fingerprint density at radius 2 is 1.94 bits per heavy atom. The molecule has 1 unspecified atom stereocenters. The molecular weight excluding hydrogens is 524 g/mol. The molecule has 1 aromatic carbocycles. The van der Waals surface area contributed by atoms with Crippen molar-refractivity contribution in [3.8, 4) is 0 Å². The first kappa shape index (κ1) is 27.5. The highest BCUT2D eigenvalue weighted by molar-refractivity contribution is 14.0. The van der Waals surface area contributed by atoms with Gasteiger partial charge in [0.1, 0.15) is 0 Å². The van der Waals surface area contributed by atoms with Gasteiger partial charge in [-0.3, -0.25) is 14.7 Å². The number of unbranched alkanes of at least 4 members (excludes halogenated alkanes) is 2. The van der Waals surface area contributed by atoms with Crippen LogP contribution in [0.15, 0.2) is 29.3 Å². The molecule has 1 heterocycles. The first-order valence-corrected chi connectivity index (χ1v) is 10.2. The summed E-state index contributed by atoms with van der Waals surface area (Å²) in [6.07, 6.45) is -0.236. The maximum Gasteiger partial charge on any atom is 0.416 e. The summed E-state index contributed by atoms with van der Waals surface area (Å²) in [5.41, 5.74) is 0.255. The van der Waals surface area contributed by atoms with Crippen molar-refractivity contribution in [3.63, 3.8) is 0 Å². The van der Waals surface area contributed by atoms with Crippen LogP contribution in [0.2, 0.25) is 0 Å². The summed E-state index contributed by atoms with van der Waals surface area (Å²) in [6, 6.07) is 5.61. The SMILES string of the molecule is CN=C(NCCCCCC(=O)OC)NC1CCN(Cc2ccc(C(F)(F)F)cc2)C1.I. The molecular formula is C21H32F3IN4O2. The molecule has 0 spiro atoms. The minimum absolute atomic E-state index is 0. The minimum Gasteiger partial charge on any atom is -0.469 e. The number of guanidine groups is 1. The van der Waals surface area contributed by atoms with Crippen molar-refractivity contribution >= 4 is 35.9 Å². The average Bonchev–Trinajstić information content (AvgIpc) is 3.15. The van der Waals surface area contributed by atoms with Crippen molar-refractivity contribution in [3.05, 3.63) is 35.4 Å². The van der Waals surface area contributed by atoms with Gasteiger partial charge in [0.15, 0.2) is 5.96 Å². The predicted molar refractivity (Wildman–Crippen MR) is 126 cm³/mol. The number of aliphatic imine (C=N–C) groups is 1. The summed E-state index contributed by atoms with van der Waals surface area (Å²) < 4.78 is 42.6. The lowest BCUT2D eigenvalue weighted by Gasteiger charge is -2.19. The first-order valence-electron chi connectivity index (χ1n) is 10.2. The number of hydrogen-bond donors (Lipinski definition) is 2. The molecule has 1 aromatic rings. The third-order valence-corrected chi connectivity index (χ3v) is 5.10. The summed E-state index contributed by atoms with van der Waals surface area (Å²) in [6.45, 7) is 3.08. The van der Waals surface area contributed by atoms with Gasteiger partial charge >= 0.3 is 12.1 Å². The van der Waals surface area contributed by atoms with Gasteiger partial charge in [0.25, 0.3) is 0 Å². The second kappa shape index (κ2) is 13.8. The van der Waals surface area contributed by atoms with Crippen molar-refractivity contribution < 1.29 is 22.7 Å². The zero-order chi connectivity index (χ0) is 22.0. The Balaban J connectivity index is 0.00000480. The van der Waals surface area contributed by atoms with Crippen LogP contribution in [0.3, 0.4) is 0 Å². The van der Waals surface area contributed by atoms with E-state index in [1.54, 1.807) is 19.2 Å². The van der Waals surface area contributed by atoms with Crippen LogP contribution in [-0.2, 0) is 22.3 Å². The lowest BCUT2D eigenvalue weighted by molar-refractivity contribution is -0.140. The third-order valence-electron chi connectivity index (χ3n) is 5.10. The van der Waals surface area contributed by atoms with E-state index in [-0.39, 0.29) is 36.0 Å². The van der Waals surface area contributed by atoms with Crippen LogP contribution in [0.5, 0.6) is 0 Å². The highest BCUT2D eigenvalue weighted by atomic mass is 127. The number of carbonyl (C=O) groups excluding carboxylic acids is 1. The molecule has 1 fully saturated rings. The highest BCUT2D eigenvalue weighted by Gasteiger charge is 2.30. The number of alkyl halides is 3. The van der Waals surface area contributed by atoms with Crippen LogP contribution in [-0.4, -0.2) is 56.7 Å². The summed E-state index contributed by atoms with van der Waals surface area (Å²) in [5.74, 6) is 0.562. The number of methoxy groups -OCH3 is 1. The van der Waals surface area contributed by atoms with Gasteiger partial charge in [-0.1, -0.05) is 18.6 Å². The molecule has 31 heavy (non-hydrogen) atoms. The summed E-state index contributed by atoms with van der Waals surface area (Å²) in [4.78, 5) is 17.5. The van der Waals surface area contributed by atoms with E-state index in [1.807, 2.05) is 0 Å². The van der Waals surface area contributed by atoms with Crippen LogP contribution >= 0.6 is 24.0 Å². The van der Waals surface area contributed by atoms with Gasteiger partial charge in [-0.2, -0.15) is 13.2 Å². The number of esters is 1. The monoisotopic (exact) mass is 556 g/mol. The van der Waals surface area contributed by atoms with Crippen LogP contribution in [0.1, 0.15) is 43.2 Å². The van der Waals surface area contributed by atoms with Gasteiger partial charge in [0, 0.05) is 45.7 Å². The molecule has 10 heteroatoms. The van der Waals surface area contributed by atoms with Crippen molar-refractivity contribution in [2.45, 2.75) is 50.9 Å². The molecule has 176 valence electrons. The van der Waals surface area contributed by atoms with Crippen molar-refractivity contribution in [1.82, 2.24) is 15.5 Å². The molecule has 2 N–H and O–H groups in total. The Kier molecular flexibility index (Phi) is 12.2. The van der Waals surface area contributed by atoms with Gasteiger partial charge in [-0.25, -0.2) is 0 Å². The lowest BCUT2D eigenvalue weighted by atomic mass is 10.1. The van der Waals surface area contributed by atoms with Crippen LogP contribution in [0, 0.1) is 0 Å². The number of nitrogens with one attached hydrogen (secondary N) is 2. The third kappa shape index (κ3) is 10.1. The number of likely N-dealkylation sites (tertiary alicyclic amines) is 1. The van der Waals surface area contributed by atoms with E-state index in [1.165, 1.54) is 7.11 Å². The Morgan fingerprint density at radius 3 is 2.55 bits per heavy atom. The fourth-order valence-corrected chi connectivity index (χ4v) is 3.42. The van der Waals surface area contributed by atoms with Crippen molar-refractivity contribution in [2.75, 3.05) is 33.8 Å². The maximum atomic E-state index is 12.7. The fourth-order valence-electron chi connectivity index (χ4n) is 3.42. The molecule has 6 nitrogen and oxygen atoms in total. The summed E-state index contributed by atoms with van der Waals surface area (Å²) in [5, 5.41) is 6.68. The first-order chi connectivity index (χ1) is 14.3. The zero-order valence-corrected chi connectivity index (χ0v) is 20.3. The molecule has 1 atom stereocenters. The summed E-state index contributed by atoms with van der Waals surface area (Å²) in [7, 11) is 3.12. The van der Waals surface area contributed by atoms with E-state index in [2.05, 4.69) is 25.3 Å². The topological polar surface area (TPSA) is 66.0 Å². The van der Waals surface area contributed by atoms with E-state index < -0.39 is 11.7 Å². The number of halogens is 4. The molecule has 1 saturated heterocycles. The Labute approximate surface area is 199 Å². The van der Waals surface area contributed by atoms with E-state index in [0.717, 1.165) is 69.0 Å². The smallest absolute Gasteiger partial charge is 0.416 e. The van der Waals surface area contributed by atoms with Crippen LogP contribution < -0.4 is 10.6 Å². The largest absolute Gasteiger partial charge is 0.469 e.